The van der Waals surface area contributed by atoms with Crippen molar-refractivity contribution in [2.75, 3.05) is 0 Å². The molecule has 0 aliphatic rings. The van der Waals surface area contributed by atoms with Crippen LogP contribution < -0.4 is 5.73 Å². The lowest BCUT2D eigenvalue weighted by Gasteiger charge is -2.11. The van der Waals surface area contributed by atoms with Gasteiger partial charge in [-0.2, -0.15) is 0 Å². The van der Waals surface area contributed by atoms with Crippen molar-refractivity contribution < 1.29 is 0 Å². The predicted octanol–water partition coefficient (Wildman–Crippen LogP) is 4.59. The molecule has 1 aromatic carbocycles. The van der Waals surface area contributed by atoms with Crippen molar-refractivity contribution in [3.63, 3.8) is 0 Å². The van der Waals surface area contributed by atoms with Crippen molar-refractivity contribution in [3.8, 4) is 0 Å². The molecule has 1 aromatic rings. The van der Waals surface area contributed by atoms with Gasteiger partial charge in [-0.3, -0.25) is 0 Å². The van der Waals surface area contributed by atoms with Crippen LogP contribution in [0.15, 0.2) is 41.4 Å². The lowest BCUT2D eigenvalue weighted by atomic mass is 10.0. The van der Waals surface area contributed by atoms with Gasteiger partial charge in [-0.15, -0.1) is 6.58 Å². The summed E-state index contributed by atoms with van der Waals surface area (Å²) in [5, 5.41) is 0. The Hall–Kier alpha value is -0.600. The summed E-state index contributed by atoms with van der Waals surface area (Å²) < 4.78 is 1.11. The molecule has 0 bridgehead atoms. The fourth-order valence-corrected chi connectivity index (χ4v) is 1.97. The summed E-state index contributed by atoms with van der Waals surface area (Å²) in [5.74, 6) is 0. The molecule has 0 aromatic heterocycles. The quantitative estimate of drug-likeness (QED) is 0.574. The highest BCUT2D eigenvalue weighted by atomic mass is 79.9. The molecule has 0 aliphatic heterocycles. The Kier molecular flexibility index (Phi) is 6.43. The number of hydrogen-bond donors (Lipinski definition) is 1. The second-order valence-electron chi connectivity index (χ2n) is 4.08. The van der Waals surface area contributed by atoms with E-state index in [2.05, 4.69) is 34.6 Å². The number of halogens is 1. The summed E-state index contributed by atoms with van der Waals surface area (Å²) in [7, 11) is 0. The zero-order chi connectivity index (χ0) is 11.8. The first-order chi connectivity index (χ1) is 7.74. The molecular weight excluding hydrogens is 262 g/mol. The van der Waals surface area contributed by atoms with E-state index < -0.39 is 0 Å². The van der Waals surface area contributed by atoms with Crippen LogP contribution >= 0.6 is 15.9 Å². The van der Waals surface area contributed by atoms with Gasteiger partial charge in [-0.05, 0) is 37.0 Å². The van der Waals surface area contributed by atoms with Gasteiger partial charge in [-0.25, -0.2) is 0 Å². The first kappa shape index (κ1) is 13.5. The molecule has 0 amide bonds. The third kappa shape index (κ3) is 4.95. The van der Waals surface area contributed by atoms with Gasteiger partial charge in [0.15, 0.2) is 0 Å². The van der Waals surface area contributed by atoms with Gasteiger partial charge >= 0.3 is 0 Å². The molecule has 0 aliphatic carbocycles. The largest absolute Gasteiger partial charge is 0.324 e. The molecule has 2 heteroatoms. The molecule has 0 radical (unpaired) electrons. The maximum absolute atomic E-state index is 6.12. The maximum atomic E-state index is 6.12. The number of hydrogen-bond acceptors (Lipinski definition) is 1. The van der Waals surface area contributed by atoms with E-state index in [1.165, 1.54) is 24.8 Å². The van der Waals surface area contributed by atoms with E-state index in [4.69, 9.17) is 5.73 Å². The Morgan fingerprint density at radius 3 is 2.50 bits per heavy atom. The average molecular weight is 282 g/mol. The van der Waals surface area contributed by atoms with Crippen LogP contribution in [0.2, 0.25) is 0 Å². The molecule has 0 saturated heterocycles. The van der Waals surface area contributed by atoms with Gasteiger partial charge in [0, 0.05) is 10.5 Å². The van der Waals surface area contributed by atoms with E-state index in [-0.39, 0.29) is 6.04 Å². The molecule has 1 rings (SSSR count). The van der Waals surface area contributed by atoms with Gasteiger partial charge in [0.2, 0.25) is 0 Å². The summed E-state index contributed by atoms with van der Waals surface area (Å²) in [6.07, 6.45) is 7.85. The summed E-state index contributed by atoms with van der Waals surface area (Å²) in [5.41, 5.74) is 7.35. The van der Waals surface area contributed by atoms with E-state index >= 15 is 0 Å². The molecule has 1 atom stereocenters. The molecule has 0 spiro atoms. The van der Waals surface area contributed by atoms with Crippen LogP contribution in [0.1, 0.15) is 43.7 Å². The van der Waals surface area contributed by atoms with Crippen molar-refractivity contribution in [1.82, 2.24) is 0 Å². The first-order valence-electron chi connectivity index (χ1n) is 5.86. The molecule has 16 heavy (non-hydrogen) atoms. The van der Waals surface area contributed by atoms with Gasteiger partial charge in [0.25, 0.3) is 0 Å². The first-order valence-corrected chi connectivity index (χ1v) is 6.65. The molecule has 0 fully saturated rings. The second-order valence-corrected chi connectivity index (χ2v) is 5.00. The van der Waals surface area contributed by atoms with Crippen LogP contribution in [0.5, 0.6) is 0 Å². The number of nitrogens with two attached hydrogens (primary N) is 1. The highest BCUT2D eigenvalue weighted by Gasteiger charge is 2.04. The van der Waals surface area contributed by atoms with Crippen LogP contribution in [-0.2, 0) is 0 Å². The van der Waals surface area contributed by atoms with E-state index in [1.54, 1.807) is 0 Å². The summed E-state index contributed by atoms with van der Waals surface area (Å²) in [6.45, 7) is 3.72. The third-order valence-corrected chi connectivity index (χ3v) is 3.25. The van der Waals surface area contributed by atoms with Crippen molar-refractivity contribution in [3.05, 3.63) is 47.0 Å². The Balaban J connectivity index is 2.26. The Bertz CT molecular complexity index is 305. The zero-order valence-corrected chi connectivity index (χ0v) is 11.2. The maximum Gasteiger partial charge on any atom is 0.0294 e. The number of rotatable bonds is 7. The van der Waals surface area contributed by atoms with Crippen molar-refractivity contribution in [2.45, 2.75) is 38.1 Å². The van der Waals surface area contributed by atoms with Crippen LogP contribution in [-0.4, -0.2) is 0 Å². The summed E-state index contributed by atoms with van der Waals surface area (Å²) in [4.78, 5) is 0. The van der Waals surface area contributed by atoms with Gasteiger partial charge in [0.05, 0.1) is 0 Å². The monoisotopic (exact) mass is 281 g/mol. The number of unbranched alkanes of at least 4 members (excludes halogenated alkanes) is 3. The minimum atomic E-state index is 0.178. The van der Waals surface area contributed by atoms with Crippen molar-refractivity contribution >= 4 is 15.9 Å². The van der Waals surface area contributed by atoms with E-state index in [0.29, 0.717) is 0 Å². The van der Waals surface area contributed by atoms with E-state index in [9.17, 15) is 0 Å². The third-order valence-electron chi connectivity index (χ3n) is 2.72. The van der Waals surface area contributed by atoms with E-state index in [0.717, 1.165) is 17.3 Å². The Morgan fingerprint density at radius 2 is 1.88 bits per heavy atom. The van der Waals surface area contributed by atoms with Gasteiger partial charge < -0.3 is 5.73 Å². The highest BCUT2D eigenvalue weighted by Crippen LogP contribution is 2.19. The fourth-order valence-electron chi connectivity index (χ4n) is 1.71. The van der Waals surface area contributed by atoms with Crippen LogP contribution in [0, 0.1) is 0 Å². The molecule has 0 heterocycles. The van der Waals surface area contributed by atoms with Crippen LogP contribution in [0.3, 0.4) is 0 Å². The smallest absolute Gasteiger partial charge is 0.0294 e. The lowest BCUT2D eigenvalue weighted by Crippen LogP contribution is -2.09. The van der Waals surface area contributed by atoms with Crippen LogP contribution in [0.25, 0.3) is 0 Å². The predicted molar refractivity (Wildman–Crippen MR) is 74.4 cm³/mol. The minimum absolute atomic E-state index is 0.178. The molecule has 1 unspecified atom stereocenters. The number of benzene rings is 1. The topological polar surface area (TPSA) is 26.0 Å². The minimum Gasteiger partial charge on any atom is -0.324 e. The average Bonchev–Trinajstić information content (AvgIpc) is 2.29. The SMILES string of the molecule is C=CCCCCCC(N)c1ccc(Br)cc1. The lowest BCUT2D eigenvalue weighted by molar-refractivity contribution is 0.572. The molecule has 88 valence electrons. The van der Waals surface area contributed by atoms with Crippen molar-refractivity contribution in [2.24, 2.45) is 5.73 Å². The Labute approximate surface area is 107 Å². The standard InChI is InChI=1S/C14H20BrN/c1-2-3-4-5-6-7-14(16)12-8-10-13(15)11-9-12/h2,8-11,14H,1,3-7,16H2. The van der Waals surface area contributed by atoms with E-state index in [1.807, 2.05) is 18.2 Å². The highest BCUT2D eigenvalue weighted by molar-refractivity contribution is 9.10. The normalized spacial score (nSPS) is 12.4. The van der Waals surface area contributed by atoms with Crippen molar-refractivity contribution in [1.29, 1.82) is 0 Å². The summed E-state index contributed by atoms with van der Waals surface area (Å²) in [6, 6.07) is 8.47. The van der Waals surface area contributed by atoms with Crippen LogP contribution in [0.4, 0.5) is 0 Å². The molecule has 2 N–H and O–H groups in total. The molecule has 0 saturated carbocycles. The van der Waals surface area contributed by atoms with Gasteiger partial charge in [0.1, 0.15) is 0 Å². The molecular formula is C14H20BrN. The summed E-state index contributed by atoms with van der Waals surface area (Å²) >= 11 is 3.43. The number of allylic oxidation sites excluding steroid dienone is 1. The Morgan fingerprint density at radius 1 is 1.19 bits per heavy atom. The fraction of sp³-hybridized carbons (Fsp3) is 0.429. The van der Waals surface area contributed by atoms with Gasteiger partial charge in [-0.1, -0.05) is 47.0 Å². The zero-order valence-electron chi connectivity index (χ0n) is 9.66. The second kappa shape index (κ2) is 7.64. The molecule has 1 nitrogen and oxygen atoms in total.